The topological polar surface area (TPSA) is 18.5 Å². The first-order valence-corrected chi connectivity index (χ1v) is 8.87. The highest BCUT2D eigenvalue weighted by molar-refractivity contribution is 4.88. The van der Waals surface area contributed by atoms with E-state index >= 15 is 0 Å². The molecule has 0 bridgehead atoms. The molecule has 126 valence electrons. The first kappa shape index (κ1) is 18.9. The Balaban J connectivity index is 2.65. The minimum absolute atomic E-state index is 0.692. The second kappa shape index (κ2) is 9.12. The van der Waals surface area contributed by atoms with E-state index in [1.165, 1.54) is 32.5 Å². The minimum Gasteiger partial charge on any atom is -0.317 e. The molecule has 1 saturated carbocycles. The summed E-state index contributed by atoms with van der Waals surface area (Å²) in [6, 6.07) is 0.692. The molecule has 0 aromatic carbocycles. The van der Waals surface area contributed by atoms with E-state index in [0.717, 1.165) is 30.2 Å². The molecule has 4 unspecified atom stereocenters. The Morgan fingerprint density at radius 2 is 1.76 bits per heavy atom. The van der Waals surface area contributed by atoms with Crippen molar-refractivity contribution in [1.82, 2.24) is 15.1 Å². The third-order valence-electron chi connectivity index (χ3n) is 5.00. The van der Waals surface area contributed by atoms with Gasteiger partial charge in [-0.25, -0.2) is 0 Å². The van der Waals surface area contributed by atoms with E-state index in [9.17, 15) is 0 Å². The van der Waals surface area contributed by atoms with E-state index in [4.69, 9.17) is 0 Å². The maximum absolute atomic E-state index is 3.60. The third kappa shape index (κ3) is 6.66. The van der Waals surface area contributed by atoms with Gasteiger partial charge in [-0.05, 0) is 57.7 Å². The molecule has 0 aromatic heterocycles. The van der Waals surface area contributed by atoms with E-state index < -0.39 is 0 Å². The van der Waals surface area contributed by atoms with Gasteiger partial charge >= 0.3 is 0 Å². The summed E-state index contributed by atoms with van der Waals surface area (Å²) in [6.45, 7) is 14.4. The van der Waals surface area contributed by atoms with Crippen LogP contribution < -0.4 is 5.32 Å². The molecule has 3 heteroatoms. The monoisotopic (exact) mass is 297 g/mol. The van der Waals surface area contributed by atoms with Gasteiger partial charge < -0.3 is 15.1 Å². The van der Waals surface area contributed by atoms with Crippen molar-refractivity contribution in [2.45, 2.75) is 46.6 Å². The van der Waals surface area contributed by atoms with Gasteiger partial charge in [0.15, 0.2) is 0 Å². The van der Waals surface area contributed by atoms with Crippen molar-refractivity contribution < 1.29 is 0 Å². The predicted molar refractivity (Wildman–Crippen MR) is 93.7 cm³/mol. The summed E-state index contributed by atoms with van der Waals surface area (Å²) in [5.74, 6) is 3.25. The summed E-state index contributed by atoms with van der Waals surface area (Å²) in [5, 5.41) is 3.60. The molecule has 0 spiro atoms. The molecule has 21 heavy (non-hydrogen) atoms. The summed E-state index contributed by atoms with van der Waals surface area (Å²) in [4.78, 5) is 5.00. The Labute approximate surface area is 133 Å². The molecule has 0 radical (unpaired) electrons. The summed E-state index contributed by atoms with van der Waals surface area (Å²) in [7, 11) is 6.50. The van der Waals surface area contributed by atoms with Crippen LogP contribution in [0.4, 0.5) is 0 Å². The van der Waals surface area contributed by atoms with Crippen LogP contribution in [0.5, 0.6) is 0 Å². The van der Waals surface area contributed by atoms with Gasteiger partial charge in [0.25, 0.3) is 0 Å². The number of hydrogen-bond donors (Lipinski definition) is 1. The molecule has 1 fully saturated rings. The quantitative estimate of drug-likeness (QED) is 0.743. The van der Waals surface area contributed by atoms with E-state index in [-0.39, 0.29) is 0 Å². The van der Waals surface area contributed by atoms with Gasteiger partial charge in [0.2, 0.25) is 0 Å². The standard InChI is InChI=1S/C18H39N3/c1-14(2)12-21(9-8-20(6)7)13-17-16(4)10-15(3)11-18(17)19-5/h14-19H,8-13H2,1-7H3. The highest BCUT2D eigenvalue weighted by Crippen LogP contribution is 2.34. The Kier molecular flexibility index (Phi) is 8.22. The molecule has 1 rings (SSSR count). The van der Waals surface area contributed by atoms with E-state index in [2.05, 4.69) is 64.0 Å². The van der Waals surface area contributed by atoms with Crippen LogP contribution in [0.3, 0.4) is 0 Å². The zero-order valence-electron chi connectivity index (χ0n) is 15.5. The first-order chi connectivity index (χ1) is 9.83. The van der Waals surface area contributed by atoms with Gasteiger partial charge in [-0.1, -0.05) is 27.7 Å². The molecule has 4 atom stereocenters. The van der Waals surface area contributed by atoms with Crippen LogP contribution in [0.2, 0.25) is 0 Å². The fraction of sp³-hybridized carbons (Fsp3) is 1.00. The zero-order valence-corrected chi connectivity index (χ0v) is 15.5. The van der Waals surface area contributed by atoms with Gasteiger partial charge in [-0.2, -0.15) is 0 Å². The normalized spacial score (nSPS) is 30.6. The Bertz CT molecular complexity index is 278. The van der Waals surface area contributed by atoms with Gasteiger partial charge in [0, 0.05) is 32.2 Å². The molecule has 0 aromatic rings. The van der Waals surface area contributed by atoms with Crippen LogP contribution in [0.15, 0.2) is 0 Å². The third-order valence-corrected chi connectivity index (χ3v) is 5.00. The molecule has 0 saturated heterocycles. The summed E-state index contributed by atoms with van der Waals surface area (Å²) < 4.78 is 0. The maximum atomic E-state index is 3.60. The SMILES string of the molecule is CNC1CC(C)CC(C)C1CN(CCN(C)C)CC(C)C. The lowest BCUT2D eigenvalue weighted by Gasteiger charge is -2.42. The Hall–Kier alpha value is -0.120. The number of likely N-dealkylation sites (N-methyl/N-ethyl adjacent to an activating group) is 1. The number of nitrogens with one attached hydrogen (secondary N) is 1. The van der Waals surface area contributed by atoms with Crippen molar-refractivity contribution in [2.75, 3.05) is 47.3 Å². The lowest BCUT2D eigenvalue weighted by molar-refractivity contribution is 0.0948. The van der Waals surface area contributed by atoms with E-state index in [1.807, 2.05) is 0 Å². The summed E-state index contributed by atoms with van der Waals surface area (Å²) >= 11 is 0. The fourth-order valence-corrected chi connectivity index (χ4v) is 3.96. The molecule has 1 aliphatic carbocycles. The smallest absolute Gasteiger partial charge is 0.0110 e. The highest BCUT2D eigenvalue weighted by atomic mass is 15.2. The van der Waals surface area contributed by atoms with Crippen LogP contribution in [0, 0.1) is 23.7 Å². The van der Waals surface area contributed by atoms with Crippen molar-refractivity contribution >= 4 is 0 Å². The molecule has 0 heterocycles. The minimum atomic E-state index is 0.692. The van der Waals surface area contributed by atoms with Crippen LogP contribution in [-0.4, -0.2) is 63.2 Å². The van der Waals surface area contributed by atoms with E-state index in [0.29, 0.717) is 6.04 Å². The summed E-state index contributed by atoms with van der Waals surface area (Å²) in [6.07, 6.45) is 2.74. The average molecular weight is 298 g/mol. The Morgan fingerprint density at radius 3 is 2.29 bits per heavy atom. The first-order valence-electron chi connectivity index (χ1n) is 8.87. The van der Waals surface area contributed by atoms with Crippen LogP contribution >= 0.6 is 0 Å². The number of nitrogens with zero attached hydrogens (tertiary/aromatic N) is 2. The summed E-state index contributed by atoms with van der Waals surface area (Å²) in [5.41, 5.74) is 0. The lowest BCUT2D eigenvalue weighted by atomic mass is 9.72. The fourth-order valence-electron chi connectivity index (χ4n) is 3.96. The van der Waals surface area contributed by atoms with Crippen molar-refractivity contribution in [2.24, 2.45) is 23.7 Å². The molecule has 1 N–H and O–H groups in total. The van der Waals surface area contributed by atoms with Crippen molar-refractivity contribution in [3.8, 4) is 0 Å². The van der Waals surface area contributed by atoms with Gasteiger partial charge in [-0.3, -0.25) is 0 Å². The molecular formula is C18H39N3. The predicted octanol–water partition coefficient (Wildman–Crippen LogP) is 2.78. The maximum Gasteiger partial charge on any atom is 0.0110 e. The van der Waals surface area contributed by atoms with Crippen molar-refractivity contribution in [3.05, 3.63) is 0 Å². The van der Waals surface area contributed by atoms with Gasteiger partial charge in [-0.15, -0.1) is 0 Å². The number of hydrogen-bond acceptors (Lipinski definition) is 3. The largest absolute Gasteiger partial charge is 0.317 e. The molecule has 0 aliphatic heterocycles. The van der Waals surface area contributed by atoms with Crippen LogP contribution in [0.1, 0.15) is 40.5 Å². The highest BCUT2D eigenvalue weighted by Gasteiger charge is 2.34. The zero-order chi connectivity index (χ0) is 16.0. The number of rotatable bonds is 8. The molecule has 0 amide bonds. The van der Waals surface area contributed by atoms with Crippen LogP contribution in [-0.2, 0) is 0 Å². The molecular weight excluding hydrogens is 258 g/mol. The van der Waals surface area contributed by atoms with Gasteiger partial charge in [0.05, 0.1) is 0 Å². The van der Waals surface area contributed by atoms with Crippen LogP contribution in [0.25, 0.3) is 0 Å². The average Bonchev–Trinajstić information content (AvgIpc) is 2.37. The van der Waals surface area contributed by atoms with Crippen molar-refractivity contribution in [3.63, 3.8) is 0 Å². The van der Waals surface area contributed by atoms with E-state index in [1.54, 1.807) is 0 Å². The molecule has 1 aliphatic rings. The molecule has 3 nitrogen and oxygen atoms in total. The van der Waals surface area contributed by atoms with Gasteiger partial charge in [0.1, 0.15) is 0 Å². The second-order valence-electron chi connectivity index (χ2n) is 8.07. The lowest BCUT2D eigenvalue weighted by Crippen LogP contribution is -2.49. The second-order valence-corrected chi connectivity index (χ2v) is 8.07. The van der Waals surface area contributed by atoms with Crippen molar-refractivity contribution in [1.29, 1.82) is 0 Å². The Morgan fingerprint density at radius 1 is 1.10 bits per heavy atom.